The molecule has 27 heavy (non-hydrogen) atoms. The van der Waals surface area contributed by atoms with E-state index in [1.807, 2.05) is 19.1 Å². The number of allylic oxidation sites excluding steroid dienone is 4. The lowest BCUT2D eigenvalue weighted by atomic mass is 9.86. The summed E-state index contributed by atoms with van der Waals surface area (Å²) in [6.45, 7) is 3.53. The molecule has 0 radical (unpaired) electrons. The van der Waals surface area contributed by atoms with Crippen LogP contribution >= 0.6 is 0 Å². The molecule has 142 valence electrons. The first-order chi connectivity index (χ1) is 12.8. The number of nitrogens with one attached hydrogen (secondary N) is 1. The molecule has 2 aliphatic heterocycles. The minimum absolute atomic E-state index is 0.0530. The molecule has 2 aliphatic rings. The Kier molecular flexibility index (Phi) is 5.04. The summed E-state index contributed by atoms with van der Waals surface area (Å²) in [4.78, 5) is 25.5. The van der Waals surface area contributed by atoms with Gasteiger partial charge in [-0.3, -0.25) is 9.59 Å². The molecule has 0 saturated carbocycles. The molecule has 0 aliphatic carbocycles. The summed E-state index contributed by atoms with van der Waals surface area (Å²) in [5, 5.41) is 24.1. The third kappa shape index (κ3) is 3.11. The molecular formula is C21H23NO5. The predicted molar refractivity (Wildman–Crippen MR) is 99.3 cm³/mol. The molecule has 0 bridgehead atoms. The zero-order valence-electron chi connectivity index (χ0n) is 15.3. The van der Waals surface area contributed by atoms with Crippen molar-refractivity contribution in [1.82, 2.24) is 5.32 Å². The molecule has 1 aromatic carbocycles. The Morgan fingerprint density at radius 2 is 1.93 bits per heavy atom. The third-order valence-corrected chi connectivity index (χ3v) is 4.87. The predicted octanol–water partition coefficient (Wildman–Crippen LogP) is 1.54. The number of aliphatic hydroxyl groups is 2. The van der Waals surface area contributed by atoms with E-state index in [1.165, 1.54) is 6.92 Å². The van der Waals surface area contributed by atoms with E-state index in [4.69, 9.17) is 4.74 Å². The van der Waals surface area contributed by atoms with E-state index in [1.54, 1.807) is 42.5 Å². The highest BCUT2D eigenvalue weighted by molar-refractivity contribution is 6.20. The van der Waals surface area contributed by atoms with Crippen molar-refractivity contribution >= 4 is 11.7 Å². The number of amides is 1. The number of ether oxygens (including phenoxy) is 1. The van der Waals surface area contributed by atoms with Gasteiger partial charge in [0, 0.05) is 12.0 Å². The second-order valence-electron chi connectivity index (χ2n) is 6.79. The normalized spacial score (nSPS) is 30.7. The Balaban J connectivity index is 1.88. The number of carbonyl (C=O) groups excluding carboxylic acids is 2. The van der Waals surface area contributed by atoms with Gasteiger partial charge < -0.3 is 20.3 Å². The van der Waals surface area contributed by atoms with Crippen LogP contribution in [0.15, 0.2) is 66.0 Å². The van der Waals surface area contributed by atoms with Crippen LogP contribution in [0.25, 0.3) is 0 Å². The van der Waals surface area contributed by atoms with Crippen molar-refractivity contribution in [2.45, 2.75) is 44.1 Å². The minimum Gasteiger partial charge on any atom is -0.466 e. The molecule has 6 nitrogen and oxygen atoms in total. The quantitative estimate of drug-likeness (QED) is 0.541. The fourth-order valence-corrected chi connectivity index (χ4v) is 3.40. The van der Waals surface area contributed by atoms with Crippen LogP contribution < -0.4 is 5.32 Å². The van der Waals surface area contributed by atoms with Gasteiger partial charge in [-0.1, -0.05) is 55.5 Å². The van der Waals surface area contributed by atoms with Gasteiger partial charge in [-0.25, -0.2) is 0 Å². The van der Waals surface area contributed by atoms with Gasteiger partial charge in [0.2, 0.25) is 5.78 Å². The van der Waals surface area contributed by atoms with Crippen molar-refractivity contribution < 1.29 is 24.5 Å². The first-order valence-corrected chi connectivity index (χ1v) is 8.90. The number of hydrogen-bond donors (Lipinski definition) is 3. The largest absolute Gasteiger partial charge is 0.466 e. The summed E-state index contributed by atoms with van der Waals surface area (Å²) in [6, 6.07) is 8.91. The van der Waals surface area contributed by atoms with Gasteiger partial charge in [-0.2, -0.15) is 0 Å². The zero-order valence-corrected chi connectivity index (χ0v) is 15.3. The molecular weight excluding hydrogens is 346 g/mol. The highest BCUT2D eigenvalue weighted by atomic mass is 16.5. The smallest absolute Gasteiger partial charge is 0.278 e. The van der Waals surface area contributed by atoms with Crippen molar-refractivity contribution in [3.8, 4) is 0 Å². The van der Waals surface area contributed by atoms with E-state index in [2.05, 4.69) is 5.32 Å². The van der Waals surface area contributed by atoms with Crippen LogP contribution in [-0.2, 0) is 20.7 Å². The average molecular weight is 369 g/mol. The maximum absolute atomic E-state index is 12.8. The van der Waals surface area contributed by atoms with Gasteiger partial charge in [0.15, 0.2) is 11.8 Å². The van der Waals surface area contributed by atoms with Crippen LogP contribution in [-0.4, -0.2) is 39.3 Å². The summed E-state index contributed by atoms with van der Waals surface area (Å²) >= 11 is 0. The molecule has 0 aromatic heterocycles. The summed E-state index contributed by atoms with van der Waals surface area (Å²) in [6.07, 6.45) is 6.05. The molecule has 3 atom stereocenters. The Morgan fingerprint density at radius 3 is 2.59 bits per heavy atom. The van der Waals surface area contributed by atoms with Crippen LogP contribution in [0.5, 0.6) is 0 Å². The second kappa shape index (κ2) is 7.13. The van der Waals surface area contributed by atoms with E-state index in [0.29, 0.717) is 5.56 Å². The zero-order chi connectivity index (χ0) is 19.7. The highest BCUT2D eigenvalue weighted by Gasteiger charge is 2.70. The second-order valence-corrected chi connectivity index (χ2v) is 6.79. The van der Waals surface area contributed by atoms with E-state index in [9.17, 15) is 19.8 Å². The van der Waals surface area contributed by atoms with E-state index in [0.717, 1.165) is 6.42 Å². The fraction of sp³-hybridized carbons (Fsp3) is 0.333. The molecule has 3 rings (SSSR count). The van der Waals surface area contributed by atoms with E-state index >= 15 is 0 Å². The van der Waals surface area contributed by atoms with Crippen molar-refractivity contribution in [2.75, 3.05) is 0 Å². The Morgan fingerprint density at radius 1 is 1.22 bits per heavy atom. The summed E-state index contributed by atoms with van der Waals surface area (Å²) in [7, 11) is 0. The Bertz CT molecular complexity index is 841. The number of hydrogen-bond acceptors (Lipinski definition) is 5. The summed E-state index contributed by atoms with van der Waals surface area (Å²) in [5.41, 5.74) is -3.23. The minimum atomic E-state index is -2.16. The number of benzene rings is 1. The fourth-order valence-electron chi connectivity index (χ4n) is 3.40. The molecule has 2 heterocycles. The van der Waals surface area contributed by atoms with Crippen LogP contribution in [0.2, 0.25) is 0 Å². The van der Waals surface area contributed by atoms with Gasteiger partial charge in [-0.15, -0.1) is 0 Å². The highest BCUT2D eigenvalue weighted by Crippen LogP contribution is 2.42. The molecule has 6 heteroatoms. The van der Waals surface area contributed by atoms with Gasteiger partial charge in [0.05, 0.1) is 0 Å². The van der Waals surface area contributed by atoms with Crippen LogP contribution in [0, 0.1) is 0 Å². The lowest BCUT2D eigenvalue weighted by molar-refractivity contribution is -0.161. The molecule has 1 fully saturated rings. The SMILES string of the molecule is CC/C=C/C=C/C1=C(C)C(=O)[C@]2(O1)C(=O)N[C@@](O)(Cc1ccccc1)C2O. The third-order valence-electron chi connectivity index (χ3n) is 4.87. The average Bonchev–Trinajstić information content (AvgIpc) is 3.01. The molecule has 1 unspecified atom stereocenters. The van der Waals surface area contributed by atoms with Gasteiger partial charge in [0.1, 0.15) is 5.76 Å². The van der Waals surface area contributed by atoms with Crippen LogP contribution in [0.3, 0.4) is 0 Å². The first kappa shape index (κ1) is 19.1. The van der Waals surface area contributed by atoms with Crippen molar-refractivity contribution in [3.63, 3.8) is 0 Å². The number of aliphatic hydroxyl groups excluding tert-OH is 1. The molecule has 1 amide bonds. The van der Waals surface area contributed by atoms with Crippen LogP contribution in [0.1, 0.15) is 25.8 Å². The lowest BCUT2D eigenvalue weighted by Crippen LogP contribution is -2.56. The maximum atomic E-state index is 12.8. The number of Topliss-reactive ketones (excluding diaryl/α,β-unsaturated/α-hetero) is 1. The van der Waals surface area contributed by atoms with E-state index in [-0.39, 0.29) is 17.8 Å². The van der Waals surface area contributed by atoms with Crippen molar-refractivity contribution in [3.05, 3.63) is 71.5 Å². The molecule has 1 spiro atoms. The van der Waals surface area contributed by atoms with Crippen LogP contribution in [0.4, 0.5) is 0 Å². The maximum Gasteiger partial charge on any atom is 0.278 e. The Labute approximate surface area is 157 Å². The van der Waals surface area contributed by atoms with Gasteiger partial charge >= 0.3 is 0 Å². The molecule has 1 saturated heterocycles. The first-order valence-electron chi connectivity index (χ1n) is 8.90. The summed E-state index contributed by atoms with van der Waals surface area (Å²) in [5.74, 6) is -1.28. The summed E-state index contributed by atoms with van der Waals surface area (Å²) < 4.78 is 5.66. The molecule has 3 N–H and O–H groups in total. The monoisotopic (exact) mass is 369 g/mol. The topological polar surface area (TPSA) is 95.9 Å². The van der Waals surface area contributed by atoms with Crippen molar-refractivity contribution in [1.29, 1.82) is 0 Å². The lowest BCUT2D eigenvalue weighted by Gasteiger charge is -2.30. The van der Waals surface area contributed by atoms with Crippen molar-refractivity contribution in [2.24, 2.45) is 0 Å². The number of carbonyl (C=O) groups is 2. The number of ketones is 1. The van der Waals surface area contributed by atoms with E-state index < -0.39 is 29.1 Å². The number of rotatable bonds is 5. The molecule has 1 aromatic rings. The van der Waals surface area contributed by atoms with Gasteiger partial charge in [-0.05, 0) is 25.0 Å². The standard InChI is InChI=1S/C21H23NO5/c1-3-4-5-9-12-16-14(2)17(23)21(27-16)18(24)20(26,22-19(21)25)13-15-10-7-6-8-11-15/h4-12,18,24,26H,3,13H2,1-2H3,(H,22,25)/b5-4+,12-9+/t18?,20-,21-/m1/s1. The van der Waals surface area contributed by atoms with Gasteiger partial charge in [0.25, 0.3) is 11.5 Å². The Hall–Kier alpha value is -2.70.